The van der Waals surface area contributed by atoms with E-state index in [9.17, 15) is 4.79 Å². The molecule has 1 aliphatic carbocycles. The van der Waals surface area contributed by atoms with E-state index in [4.69, 9.17) is 4.74 Å². The number of rotatable bonds is 5. The van der Waals surface area contributed by atoms with E-state index in [0.29, 0.717) is 10.7 Å². The van der Waals surface area contributed by atoms with Crippen LogP contribution >= 0.6 is 11.3 Å². The van der Waals surface area contributed by atoms with Gasteiger partial charge in [-0.05, 0) is 62.3 Å². The zero-order chi connectivity index (χ0) is 23.9. The van der Waals surface area contributed by atoms with Gasteiger partial charge in [0.1, 0.15) is 28.0 Å². The first kappa shape index (κ1) is 22.0. The number of aromatic amines is 1. The molecule has 0 spiro atoms. The number of para-hydroxylation sites is 1. The quantitative estimate of drug-likeness (QED) is 0.254. The van der Waals surface area contributed by atoms with Gasteiger partial charge in [0.05, 0.1) is 5.39 Å². The minimum Gasteiger partial charge on any atom is -0.458 e. The highest BCUT2D eigenvalue weighted by Crippen LogP contribution is 2.36. The zero-order valence-electron chi connectivity index (χ0n) is 20.0. The Morgan fingerprint density at radius 1 is 1.14 bits per heavy atom. The molecule has 0 amide bonds. The number of hydrogen-bond acceptors (Lipinski definition) is 6. The fourth-order valence-corrected chi connectivity index (χ4v) is 6.28. The Kier molecular flexibility index (Phi) is 5.65. The number of anilines is 2. The normalized spacial score (nSPS) is 14.7. The third kappa shape index (κ3) is 3.93. The van der Waals surface area contributed by atoms with Gasteiger partial charge < -0.3 is 15.0 Å². The number of nitrogens with zero attached hydrogens (tertiary/aromatic N) is 2. The van der Waals surface area contributed by atoms with E-state index >= 15 is 0 Å². The highest BCUT2D eigenvalue weighted by Gasteiger charge is 2.24. The standard InChI is InChI=1S/C28H28N4O2S/c1-3-17-8-7-11-21-20-13-12-18(14-22(20)32-24(17)21)31-26-23-16(2)25(35-27(23)30-15-29-26)28(33)34-19-9-5-4-6-10-19/h7-8,11-15,19,32H,3-6,9-10H2,1-2H3,(H,29,30,31). The smallest absolute Gasteiger partial charge is 0.348 e. The molecule has 2 aromatic carbocycles. The van der Waals surface area contributed by atoms with Gasteiger partial charge in [0.15, 0.2) is 0 Å². The SMILES string of the molecule is CCc1cccc2c1[nH]c1cc(Nc3ncnc4sc(C(=O)OC5CCCCC5)c(C)c34)ccc12. The Bertz CT molecular complexity index is 1560. The second-order valence-electron chi connectivity index (χ2n) is 9.33. The van der Waals surface area contributed by atoms with Crippen LogP contribution in [0.1, 0.15) is 59.8 Å². The van der Waals surface area contributed by atoms with Crippen molar-refractivity contribution >= 4 is 60.8 Å². The van der Waals surface area contributed by atoms with Crippen molar-refractivity contribution in [3.63, 3.8) is 0 Å². The van der Waals surface area contributed by atoms with Crippen molar-refractivity contribution in [2.45, 2.75) is 58.5 Å². The number of ether oxygens (including phenoxy) is 1. The second-order valence-corrected chi connectivity index (χ2v) is 10.3. The molecule has 3 aromatic heterocycles. The van der Waals surface area contributed by atoms with Crippen LogP contribution in [-0.4, -0.2) is 27.0 Å². The molecule has 0 bridgehead atoms. The van der Waals surface area contributed by atoms with Crippen LogP contribution < -0.4 is 5.32 Å². The Morgan fingerprint density at radius 3 is 2.83 bits per heavy atom. The molecule has 5 aromatic rings. The number of nitrogens with one attached hydrogen (secondary N) is 2. The summed E-state index contributed by atoms with van der Waals surface area (Å²) in [7, 11) is 0. The number of fused-ring (bicyclic) bond motifs is 4. The van der Waals surface area contributed by atoms with Gasteiger partial charge in [-0.1, -0.05) is 37.6 Å². The van der Waals surface area contributed by atoms with Crippen LogP contribution in [0, 0.1) is 6.92 Å². The minimum absolute atomic E-state index is 0.0285. The van der Waals surface area contributed by atoms with Crippen molar-refractivity contribution in [1.82, 2.24) is 15.0 Å². The molecule has 0 saturated heterocycles. The maximum Gasteiger partial charge on any atom is 0.348 e. The number of carbonyl (C=O) groups excluding carboxylic acids is 1. The van der Waals surface area contributed by atoms with Crippen LogP contribution in [0.15, 0.2) is 42.7 Å². The first-order chi connectivity index (χ1) is 17.1. The highest BCUT2D eigenvalue weighted by atomic mass is 32.1. The van der Waals surface area contributed by atoms with E-state index in [2.05, 4.69) is 63.6 Å². The molecular formula is C28H28N4O2S. The molecule has 0 unspecified atom stereocenters. The number of esters is 1. The Labute approximate surface area is 207 Å². The fourth-order valence-electron chi connectivity index (χ4n) is 5.25. The maximum atomic E-state index is 13.0. The molecule has 1 fully saturated rings. The van der Waals surface area contributed by atoms with Crippen molar-refractivity contribution in [2.75, 3.05) is 5.32 Å². The molecule has 7 heteroatoms. The van der Waals surface area contributed by atoms with Gasteiger partial charge in [-0.25, -0.2) is 14.8 Å². The number of carbonyl (C=O) groups is 1. The first-order valence-electron chi connectivity index (χ1n) is 12.4. The summed E-state index contributed by atoms with van der Waals surface area (Å²) in [5, 5.41) is 6.79. The predicted octanol–water partition coefficient (Wildman–Crippen LogP) is 7.43. The average molecular weight is 485 g/mol. The molecule has 2 N–H and O–H groups in total. The van der Waals surface area contributed by atoms with Crippen LogP contribution in [-0.2, 0) is 11.2 Å². The lowest BCUT2D eigenvalue weighted by Crippen LogP contribution is -2.20. The largest absolute Gasteiger partial charge is 0.458 e. The van der Waals surface area contributed by atoms with Crippen LogP contribution in [0.3, 0.4) is 0 Å². The molecule has 6 rings (SSSR count). The van der Waals surface area contributed by atoms with Crippen LogP contribution in [0.2, 0.25) is 0 Å². The topological polar surface area (TPSA) is 79.9 Å². The molecule has 0 atom stereocenters. The van der Waals surface area contributed by atoms with Crippen LogP contribution in [0.25, 0.3) is 32.0 Å². The van der Waals surface area contributed by atoms with Crippen molar-refractivity contribution < 1.29 is 9.53 Å². The first-order valence-corrected chi connectivity index (χ1v) is 13.2. The molecule has 6 nitrogen and oxygen atoms in total. The van der Waals surface area contributed by atoms with Gasteiger partial charge in [0.2, 0.25) is 0 Å². The molecular weight excluding hydrogens is 456 g/mol. The molecule has 3 heterocycles. The van der Waals surface area contributed by atoms with E-state index in [1.165, 1.54) is 39.6 Å². The van der Waals surface area contributed by atoms with Gasteiger partial charge in [0.25, 0.3) is 0 Å². The lowest BCUT2D eigenvalue weighted by atomic mass is 9.98. The number of aryl methyl sites for hydroxylation is 2. The summed E-state index contributed by atoms with van der Waals surface area (Å²) in [6, 6.07) is 12.8. The number of aromatic nitrogens is 3. The van der Waals surface area contributed by atoms with Crippen LogP contribution in [0.5, 0.6) is 0 Å². The third-order valence-corrected chi connectivity index (χ3v) is 8.28. The van der Waals surface area contributed by atoms with Crippen molar-refractivity contribution in [1.29, 1.82) is 0 Å². The lowest BCUT2D eigenvalue weighted by Gasteiger charge is -2.21. The van der Waals surface area contributed by atoms with Gasteiger partial charge in [-0.15, -0.1) is 11.3 Å². The van der Waals surface area contributed by atoms with E-state index in [0.717, 1.165) is 59.1 Å². The van der Waals surface area contributed by atoms with Gasteiger partial charge in [-0.3, -0.25) is 0 Å². The molecule has 1 aliphatic rings. The molecule has 0 aliphatic heterocycles. The second kappa shape index (κ2) is 8.96. The van der Waals surface area contributed by atoms with E-state index < -0.39 is 0 Å². The molecule has 0 radical (unpaired) electrons. The average Bonchev–Trinajstić information content (AvgIpc) is 3.42. The summed E-state index contributed by atoms with van der Waals surface area (Å²) in [5.41, 5.74) is 5.39. The summed E-state index contributed by atoms with van der Waals surface area (Å²) in [5.74, 6) is 0.458. The van der Waals surface area contributed by atoms with Gasteiger partial charge in [0, 0.05) is 27.5 Å². The highest BCUT2D eigenvalue weighted by molar-refractivity contribution is 7.20. The van der Waals surface area contributed by atoms with E-state index in [1.54, 1.807) is 6.33 Å². The summed E-state index contributed by atoms with van der Waals surface area (Å²) >= 11 is 1.38. The molecule has 178 valence electrons. The van der Waals surface area contributed by atoms with Crippen molar-refractivity contribution in [3.05, 3.63) is 58.7 Å². The zero-order valence-corrected chi connectivity index (χ0v) is 20.8. The number of thiophene rings is 1. The third-order valence-electron chi connectivity index (χ3n) is 7.10. The Balaban J connectivity index is 1.33. The summed E-state index contributed by atoms with van der Waals surface area (Å²) in [4.78, 5) is 26.9. The number of benzene rings is 2. The molecule has 35 heavy (non-hydrogen) atoms. The number of H-pyrrole nitrogens is 1. The number of hydrogen-bond donors (Lipinski definition) is 2. The summed E-state index contributed by atoms with van der Waals surface area (Å²) < 4.78 is 5.84. The minimum atomic E-state index is -0.241. The Morgan fingerprint density at radius 2 is 2.00 bits per heavy atom. The van der Waals surface area contributed by atoms with Crippen molar-refractivity contribution in [2.24, 2.45) is 0 Å². The predicted molar refractivity (Wildman–Crippen MR) is 143 cm³/mol. The fraction of sp³-hybridized carbons (Fsp3) is 0.321. The lowest BCUT2D eigenvalue weighted by molar-refractivity contribution is 0.0216. The molecule has 1 saturated carbocycles. The van der Waals surface area contributed by atoms with E-state index in [-0.39, 0.29) is 12.1 Å². The van der Waals surface area contributed by atoms with Gasteiger partial charge >= 0.3 is 5.97 Å². The summed E-state index contributed by atoms with van der Waals surface area (Å²) in [6.45, 7) is 4.13. The Hall–Kier alpha value is -3.45. The van der Waals surface area contributed by atoms with Gasteiger partial charge in [-0.2, -0.15) is 0 Å². The van der Waals surface area contributed by atoms with Crippen molar-refractivity contribution in [3.8, 4) is 0 Å². The monoisotopic (exact) mass is 484 g/mol. The summed E-state index contributed by atoms with van der Waals surface area (Å²) in [6.07, 6.45) is 7.96. The van der Waals surface area contributed by atoms with Crippen LogP contribution in [0.4, 0.5) is 11.5 Å². The van der Waals surface area contributed by atoms with E-state index in [1.807, 2.05) is 6.92 Å². The maximum absolute atomic E-state index is 13.0.